The quantitative estimate of drug-likeness (QED) is 0.826. The summed E-state index contributed by atoms with van der Waals surface area (Å²) < 4.78 is 5.52. The third-order valence-electron chi connectivity index (χ3n) is 2.43. The summed E-state index contributed by atoms with van der Waals surface area (Å²) in [5.41, 5.74) is 1.97. The molecule has 0 spiro atoms. The molecule has 0 saturated heterocycles. The van der Waals surface area contributed by atoms with Crippen LogP contribution in [0.15, 0.2) is 18.2 Å². The Labute approximate surface area is 106 Å². The molecule has 1 amide bonds. The molecule has 0 bridgehead atoms. The summed E-state index contributed by atoms with van der Waals surface area (Å²) in [5, 5.41) is 10.7. The summed E-state index contributed by atoms with van der Waals surface area (Å²) in [5.74, 6) is -0.895. The van der Waals surface area contributed by atoms with E-state index in [-0.39, 0.29) is 0 Å². The molecule has 0 aliphatic rings. The number of hydrogen-bond donors (Lipinski definition) is 2. The van der Waals surface area contributed by atoms with E-state index in [0.29, 0.717) is 5.75 Å². The summed E-state index contributed by atoms with van der Waals surface area (Å²) in [7, 11) is 0. The van der Waals surface area contributed by atoms with Gasteiger partial charge in [0.05, 0.1) is 0 Å². The zero-order valence-corrected chi connectivity index (χ0v) is 10.7. The van der Waals surface area contributed by atoms with E-state index >= 15 is 0 Å². The number of aryl methyl sites for hydroxylation is 2. The van der Waals surface area contributed by atoms with E-state index in [0.717, 1.165) is 11.1 Å². The summed E-state index contributed by atoms with van der Waals surface area (Å²) in [6, 6.07) is 5.71. The lowest BCUT2D eigenvalue weighted by Gasteiger charge is -2.16. The average Bonchev–Trinajstić information content (AvgIpc) is 2.30. The molecule has 1 aromatic rings. The van der Waals surface area contributed by atoms with E-state index in [4.69, 9.17) is 9.84 Å². The highest BCUT2D eigenvalue weighted by Crippen LogP contribution is 2.20. The van der Waals surface area contributed by atoms with Crippen molar-refractivity contribution in [2.24, 2.45) is 0 Å². The lowest BCUT2D eigenvalue weighted by molar-refractivity contribution is -0.139. The molecular weight excluding hydrogens is 234 g/mol. The minimum atomic E-state index is -1.08. The number of rotatable bonds is 5. The monoisotopic (exact) mass is 251 g/mol. The van der Waals surface area contributed by atoms with Crippen molar-refractivity contribution >= 4 is 11.9 Å². The molecule has 0 radical (unpaired) electrons. The fourth-order valence-corrected chi connectivity index (χ4v) is 1.38. The largest absolute Gasteiger partial charge is 0.481 e. The third-order valence-corrected chi connectivity index (χ3v) is 2.43. The first-order valence-corrected chi connectivity index (χ1v) is 5.63. The predicted octanol–water partition coefficient (Wildman–Crippen LogP) is 1.27. The number of benzene rings is 1. The van der Waals surface area contributed by atoms with Crippen LogP contribution in [0.1, 0.15) is 18.1 Å². The van der Waals surface area contributed by atoms with Crippen molar-refractivity contribution in [3.05, 3.63) is 29.3 Å². The van der Waals surface area contributed by atoms with Crippen molar-refractivity contribution < 1.29 is 19.4 Å². The molecule has 1 atom stereocenters. The molecule has 0 aliphatic carbocycles. The van der Waals surface area contributed by atoms with Crippen molar-refractivity contribution in [3.63, 3.8) is 0 Å². The van der Waals surface area contributed by atoms with Gasteiger partial charge in [0, 0.05) is 0 Å². The maximum atomic E-state index is 11.5. The highest BCUT2D eigenvalue weighted by atomic mass is 16.5. The Balaban J connectivity index is 2.63. The Hall–Kier alpha value is -2.04. The van der Waals surface area contributed by atoms with Crippen molar-refractivity contribution in [2.75, 3.05) is 6.54 Å². The van der Waals surface area contributed by atoms with Crippen LogP contribution in [-0.4, -0.2) is 29.6 Å². The number of carbonyl (C=O) groups excluding carboxylic acids is 1. The van der Waals surface area contributed by atoms with Crippen LogP contribution in [0.2, 0.25) is 0 Å². The standard InChI is InChI=1S/C13H17NO4/c1-8-4-5-9(2)11(6-8)18-10(3)13(17)14-7-12(15)16/h4-6,10H,7H2,1-3H3,(H,14,17)(H,15,16). The van der Waals surface area contributed by atoms with Crippen molar-refractivity contribution in [2.45, 2.75) is 26.9 Å². The molecule has 0 aromatic heterocycles. The van der Waals surface area contributed by atoms with E-state index in [9.17, 15) is 9.59 Å². The molecule has 1 aromatic carbocycles. The second kappa shape index (κ2) is 6.05. The van der Waals surface area contributed by atoms with E-state index in [1.807, 2.05) is 32.0 Å². The van der Waals surface area contributed by atoms with Crippen LogP contribution < -0.4 is 10.1 Å². The average molecular weight is 251 g/mol. The first-order chi connectivity index (χ1) is 8.40. The molecule has 0 heterocycles. The molecule has 0 saturated carbocycles. The number of hydrogen-bond acceptors (Lipinski definition) is 3. The van der Waals surface area contributed by atoms with Gasteiger partial charge in [0.15, 0.2) is 6.10 Å². The molecule has 2 N–H and O–H groups in total. The van der Waals surface area contributed by atoms with Crippen molar-refractivity contribution in [1.82, 2.24) is 5.32 Å². The van der Waals surface area contributed by atoms with Gasteiger partial charge in [-0.25, -0.2) is 0 Å². The van der Waals surface area contributed by atoms with Crippen LogP contribution in [0, 0.1) is 13.8 Å². The van der Waals surface area contributed by atoms with E-state index in [2.05, 4.69) is 5.32 Å². The number of aliphatic carboxylic acids is 1. The predicted molar refractivity (Wildman–Crippen MR) is 66.7 cm³/mol. The number of amides is 1. The van der Waals surface area contributed by atoms with Gasteiger partial charge in [-0.05, 0) is 38.0 Å². The number of ether oxygens (including phenoxy) is 1. The van der Waals surface area contributed by atoms with Gasteiger partial charge in [-0.2, -0.15) is 0 Å². The summed E-state index contributed by atoms with van der Waals surface area (Å²) >= 11 is 0. The van der Waals surface area contributed by atoms with Gasteiger partial charge in [-0.1, -0.05) is 12.1 Å². The second-order valence-electron chi connectivity index (χ2n) is 4.14. The van der Waals surface area contributed by atoms with Gasteiger partial charge in [0.2, 0.25) is 0 Å². The van der Waals surface area contributed by atoms with Crippen molar-refractivity contribution in [1.29, 1.82) is 0 Å². The Bertz CT molecular complexity index is 456. The summed E-state index contributed by atoms with van der Waals surface area (Å²) in [6.07, 6.45) is -0.732. The van der Waals surface area contributed by atoms with Crippen LogP contribution >= 0.6 is 0 Å². The van der Waals surface area contributed by atoms with Gasteiger partial charge < -0.3 is 15.2 Å². The third kappa shape index (κ3) is 4.08. The maximum absolute atomic E-state index is 11.5. The molecule has 18 heavy (non-hydrogen) atoms. The zero-order chi connectivity index (χ0) is 13.7. The smallest absolute Gasteiger partial charge is 0.322 e. The van der Waals surface area contributed by atoms with Crippen LogP contribution in [0.4, 0.5) is 0 Å². The Morgan fingerprint density at radius 3 is 2.67 bits per heavy atom. The second-order valence-corrected chi connectivity index (χ2v) is 4.14. The van der Waals surface area contributed by atoms with E-state index in [1.165, 1.54) is 0 Å². The SMILES string of the molecule is Cc1ccc(C)c(OC(C)C(=O)NCC(=O)O)c1. The highest BCUT2D eigenvalue weighted by molar-refractivity contribution is 5.84. The molecule has 5 heteroatoms. The highest BCUT2D eigenvalue weighted by Gasteiger charge is 2.16. The first kappa shape index (κ1) is 14.0. The molecule has 0 fully saturated rings. The maximum Gasteiger partial charge on any atom is 0.322 e. The fourth-order valence-electron chi connectivity index (χ4n) is 1.38. The Kier molecular flexibility index (Phi) is 4.71. The van der Waals surface area contributed by atoms with Crippen LogP contribution in [0.25, 0.3) is 0 Å². The lowest BCUT2D eigenvalue weighted by Crippen LogP contribution is -2.39. The topological polar surface area (TPSA) is 75.6 Å². The molecule has 1 unspecified atom stereocenters. The molecule has 5 nitrogen and oxygen atoms in total. The molecule has 1 rings (SSSR count). The minimum absolute atomic E-state index is 0.403. The van der Waals surface area contributed by atoms with Crippen LogP contribution in [-0.2, 0) is 9.59 Å². The number of carboxylic acid groups (broad SMARTS) is 1. The van der Waals surface area contributed by atoms with Crippen LogP contribution in [0.5, 0.6) is 5.75 Å². The van der Waals surface area contributed by atoms with E-state index in [1.54, 1.807) is 6.92 Å². The van der Waals surface area contributed by atoms with Gasteiger partial charge in [0.1, 0.15) is 12.3 Å². The summed E-state index contributed by atoms with van der Waals surface area (Å²) in [4.78, 5) is 21.9. The van der Waals surface area contributed by atoms with Gasteiger partial charge in [0.25, 0.3) is 5.91 Å². The Morgan fingerprint density at radius 1 is 1.39 bits per heavy atom. The molecular formula is C13H17NO4. The van der Waals surface area contributed by atoms with E-state index < -0.39 is 24.5 Å². The van der Waals surface area contributed by atoms with Crippen LogP contribution in [0.3, 0.4) is 0 Å². The summed E-state index contributed by atoms with van der Waals surface area (Å²) in [6.45, 7) is 5.00. The normalized spacial score (nSPS) is 11.7. The number of carboxylic acids is 1. The lowest BCUT2D eigenvalue weighted by atomic mass is 10.1. The van der Waals surface area contributed by atoms with Gasteiger partial charge >= 0.3 is 5.97 Å². The number of nitrogens with one attached hydrogen (secondary N) is 1. The van der Waals surface area contributed by atoms with Gasteiger partial charge in [-0.15, -0.1) is 0 Å². The van der Waals surface area contributed by atoms with Crippen molar-refractivity contribution in [3.8, 4) is 5.75 Å². The Morgan fingerprint density at radius 2 is 2.06 bits per heavy atom. The minimum Gasteiger partial charge on any atom is -0.481 e. The molecule has 98 valence electrons. The first-order valence-electron chi connectivity index (χ1n) is 5.63. The zero-order valence-electron chi connectivity index (χ0n) is 10.7. The number of carbonyl (C=O) groups is 2. The van der Waals surface area contributed by atoms with Gasteiger partial charge in [-0.3, -0.25) is 9.59 Å². The fraction of sp³-hybridized carbons (Fsp3) is 0.385. The molecule has 0 aliphatic heterocycles.